The van der Waals surface area contributed by atoms with Gasteiger partial charge in [0.05, 0.1) is 12.5 Å². The summed E-state index contributed by atoms with van der Waals surface area (Å²) in [6, 6.07) is 6.64. The van der Waals surface area contributed by atoms with Crippen LogP contribution in [0.25, 0.3) is 0 Å². The van der Waals surface area contributed by atoms with E-state index in [1.807, 2.05) is 24.1 Å². The summed E-state index contributed by atoms with van der Waals surface area (Å²) < 4.78 is 5.73. The van der Waals surface area contributed by atoms with Crippen LogP contribution in [0, 0.1) is 0 Å². The normalized spacial score (nSPS) is 18.9. The van der Waals surface area contributed by atoms with E-state index in [2.05, 4.69) is 13.0 Å². The molecule has 1 unspecified atom stereocenters. The first-order chi connectivity index (χ1) is 9.72. The molecule has 0 saturated heterocycles. The van der Waals surface area contributed by atoms with Crippen LogP contribution < -0.4 is 4.74 Å². The maximum absolute atomic E-state index is 12.7. The lowest BCUT2D eigenvalue weighted by atomic mass is 9.88. The SMILES string of the molecule is CCC(C(=O)N(C)C1CC1)c1cccc2c1CCCO2. The zero-order valence-electron chi connectivity index (χ0n) is 12.4. The van der Waals surface area contributed by atoms with Gasteiger partial charge in [-0.05, 0) is 49.3 Å². The van der Waals surface area contributed by atoms with Gasteiger partial charge in [0.25, 0.3) is 0 Å². The number of fused-ring (bicyclic) bond motifs is 1. The molecule has 3 rings (SSSR count). The molecule has 0 radical (unpaired) electrons. The Morgan fingerprint density at radius 1 is 1.45 bits per heavy atom. The fourth-order valence-electron chi connectivity index (χ4n) is 3.16. The minimum absolute atomic E-state index is 0.0164. The summed E-state index contributed by atoms with van der Waals surface area (Å²) in [7, 11) is 1.95. The van der Waals surface area contributed by atoms with Crippen LogP contribution in [0.15, 0.2) is 18.2 Å². The van der Waals surface area contributed by atoms with Gasteiger partial charge in [0.2, 0.25) is 5.91 Å². The van der Waals surface area contributed by atoms with Gasteiger partial charge in [-0.25, -0.2) is 0 Å². The van der Waals surface area contributed by atoms with Crippen molar-refractivity contribution in [3.05, 3.63) is 29.3 Å². The van der Waals surface area contributed by atoms with Crippen LogP contribution >= 0.6 is 0 Å². The predicted molar refractivity (Wildman–Crippen MR) is 79.1 cm³/mol. The summed E-state index contributed by atoms with van der Waals surface area (Å²) in [6.45, 7) is 2.90. The molecule has 1 heterocycles. The minimum atomic E-state index is -0.0164. The fourth-order valence-corrected chi connectivity index (χ4v) is 3.16. The Kier molecular flexibility index (Phi) is 3.68. The van der Waals surface area contributed by atoms with Crippen LogP contribution in [0.3, 0.4) is 0 Å². The van der Waals surface area contributed by atoms with E-state index in [1.54, 1.807) is 0 Å². The van der Waals surface area contributed by atoms with Crippen molar-refractivity contribution in [1.82, 2.24) is 4.90 Å². The Morgan fingerprint density at radius 3 is 2.95 bits per heavy atom. The summed E-state index contributed by atoms with van der Waals surface area (Å²) in [5.41, 5.74) is 2.44. The Morgan fingerprint density at radius 2 is 2.25 bits per heavy atom. The van der Waals surface area contributed by atoms with E-state index in [0.29, 0.717) is 6.04 Å². The monoisotopic (exact) mass is 273 g/mol. The quantitative estimate of drug-likeness (QED) is 0.843. The smallest absolute Gasteiger partial charge is 0.230 e. The van der Waals surface area contributed by atoms with Crippen molar-refractivity contribution >= 4 is 5.91 Å². The molecule has 1 aromatic rings. The first kappa shape index (κ1) is 13.5. The highest BCUT2D eigenvalue weighted by Gasteiger charge is 2.34. The van der Waals surface area contributed by atoms with Crippen molar-refractivity contribution in [3.8, 4) is 5.75 Å². The molecule has 108 valence electrons. The highest BCUT2D eigenvalue weighted by molar-refractivity contribution is 5.84. The first-order valence-electron chi connectivity index (χ1n) is 7.73. The van der Waals surface area contributed by atoms with E-state index in [9.17, 15) is 4.79 Å². The van der Waals surface area contributed by atoms with Crippen molar-refractivity contribution in [2.45, 2.75) is 51.0 Å². The third kappa shape index (κ3) is 2.41. The molecule has 1 aliphatic carbocycles. The number of carbonyl (C=O) groups excluding carboxylic acids is 1. The molecule has 1 aliphatic heterocycles. The third-order valence-corrected chi connectivity index (χ3v) is 4.52. The molecule has 1 amide bonds. The van der Waals surface area contributed by atoms with E-state index in [4.69, 9.17) is 4.74 Å². The first-order valence-corrected chi connectivity index (χ1v) is 7.73. The van der Waals surface area contributed by atoms with Gasteiger partial charge >= 0.3 is 0 Å². The molecule has 1 saturated carbocycles. The summed E-state index contributed by atoms with van der Waals surface area (Å²) in [5.74, 6) is 1.24. The molecule has 1 fully saturated rings. The third-order valence-electron chi connectivity index (χ3n) is 4.52. The maximum atomic E-state index is 12.7. The number of carbonyl (C=O) groups is 1. The van der Waals surface area contributed by atoms with Crippen LogP contribution in [-0.2, 0) is 11.2 Å². The van der Waals surface area contributed by atoms with Crippen LogP contribution in [0.2, 0.25) is 0 Å². The predicted octanol–water partition coefficient (Wildman–Crippen LogP) is 3.13. The molecule has 0 aromatic heterocycles. The Bertz CT molecular complexity index is 508. The zero-order valence-corrected chi connectivity index (χ0v) is 12.4. The van der Waals surface area contributed by atoms with E-state index >= 15 is 0 Å². The fraction of sp³-hybridized carbons (Fsp3) is 0.588. The minimum Gasteiger partial charge on any atom is -0.493 e. The number of amides is 1. The lowest BCUT2D eigenvalue weighted by Crippen LogP contribution is -2.33. The van der Waals surface area contributed by atoms with Gasteiger partial charge in [-0.3, -0.25) is 4.79 Å². The average molecular weight is 273 g/mol. The molecular formula is C17H23NO2. The standard InChI is InChI=1S/C17H23NO2/c1-3-13(17(19)18(2)12-9-10-12)14-6-4-8-16-15(14)7-5-11-20-16/h4,6,8,12-13H,3,5,7,9-11H2,1-2H3. The van der Waals surface area contributed by atoms with Crippen molar-refractivity contribution in [3.63, 3.8) is 0 Å². The summed E-state index contributed by atoms with van der Waals surface area (Å²) in [4.78, 5) is 14.7. The van der Waals surface area contributed by atoms with Gasteiger partial charge in [-0.15, -0.1) is 0 Å². The lowest BCUT2D eigenvalue weighted by molar-refractivity contribution is -0.132. The van der Waals surface area contributed by atoms with Crippen molar-refractivity contribution in [1.29, 1.82) is 0 Å². The second-order valence-corrected chi connectivity index (χ2v) is 5.92. The Hall–Kier alpha value is -1.51. The average Bonchev–Trinajstić information content (AvgIpc) is 3.32. The second kappa shape index (κ2) is 5.47. The Labute approximate surface area is 120 Å². The van der Waals surface area contributed by atoms with E-state index in [1.165, 1.54) is 11.1 Å². The number of hydrogen-bond acceptors (Lipinski definition) is 2. The van der Waals surface area contributed by atoms with Gasteiger partial charge < -0.3 is 9.64 Å². The molecule has 0 N–H and O–H groups in total. The Balaban J connectivity index is 1.90. The van der Waals surface area contributed by atoms with E-state index in [0.717, 1.165) is 44.5 Å². The molecular weight excluding hydrogens is 250 g/mol. The molecule has 0 bridgehead atoms. The topological polar surface area (TPSA) is 29.5 Å². The number of benzene rings is 1. The number of hydrogen-bond donors (Lipinski definition) is 0. The molecule has 0 spiro atoms. The highest BCUT2D eigenvalue weighted by Crippen LogP contribution is 2.36. The van der Waals surface area contributed by atoms with E-state index in [-0.39, 0.29) is 11.8 Å². The van der Waals surface area contributed by atoms with Crippen LogP contribution in [0.4, 0.5) is 0 Å². The van der Waals surface area contributed by atoms with Gasteiger partial charge in [0.15, 0.2) is 0 Å². The van der Waals surface area contributed by atoms with Gasteiger partial charge in [0, 0.05) is 13.1 Å². The lowest BCUT2D eigenvalue weighted by Gasteiger charge is -2.27. The highest BCUT2D eigenvalue weighted by atomic mass is 16.5. The van der Waals surface area contributed by atoms with Crippen LogP contribution in [0.1, 0.15) is 49.7 Å². The number of nitrogens with zero attached hydrogens (tertiary/aromatic N) is 1. The molecule has 3 heteroatoms. The van der Waals surface area contributed by atoms with Crippen molar-refractivity contribution < 1.29 is 9.53 Å². The summed E-state index contributed by atoms with van der Waals surface area (Å²) in [6.07, 6.45) is 5.26. The number of likely N-dealkylation sites (N-methyl/N-ethyl adjacent to an activating group) is 1. The zero-order chi connectivity index (χ0) is 14.1. The van der Waals surface area contributed by atoms with Crippen LogP contribution in [-0.4, -0.2) is 30.5 Å². The molecule has 3 nitrogen and oxygen atoms in total. The second-order valence-electron chi connectivity index (χ2n) is 5.92. The largest absolute Gasteiger partial charge is 0.493 e. The van der Waals surface area contributed by atoms with Gasteiger partial charge in [-0.1, -0.05) is 19.1 Å². The molecule has 20 heavy (non-hydrogen) atoms. The summed E-state index contributed by atoms with van der Waals surface area (Å²) in [5, 5.41) is 0. The number of rotatable bonds is 4. The summed E-state index contributed by atoms with van der Waals surface area (Å²) >= 11 is 0. The van der Waals surface area contributed by atoms with Crippen molar-refractivity contribution in [2.24, 2.45) is 0 Å². The molecule has 1 aromatic carbocycles. The van der Waals surface area contributed by atoms with Crippen molar-refractivity contribution in [2.75, 3.05) is 13.7 Å². The van der Waals surface area contributed by atoms with Gasteiger partial charge in [0.1, 0.15) is 5.75 Å². The van der Waals surface area contributed by atoms with E-state index < -0.39 is 0 Å². The number of ether oxygens (including phenoxy) is 1. The maximum Gasteiger partial charge on any atom is 0.230 e. The van der Waals surface area contributed by atoms with Crippen LogP contribution in [0.5, 0.6) is 5.75 Å². The van der Waals surface area contributed by atoms with Gasteiger partial charge in [-0.2, -0.15) is 0 Å². The molecule has 2 aliphatic rings. The molecule has 1 atom stereocenters.